The van der Waals surface area contributed by atoms with E-state index in [4.69, 9.17) is 10.5 Å². The van der Waals surface area contributed by atoms with E-state index in [1.54, 1.807) is 12.1 Å². The van der Waals surface area contributed by atoms with Crippen molar-refractivity contribution in [1.82, 2.24) is 4.90 Å². The number of hydrogen-bond donors (Lipinski definition) is 2. The van der Waals surface area contributed by atoms with E-state index in [2.05, 4.69) is 10.2 Å². The lowest BCUT2D eigenvalue weighted by Crippen LogP contribution is -2.40. The Morgan fingerprint density at radius 2 is 2.00 bits per heavy atom. The fraction of sp³-hybridized carbons (Fsp3) is 0.438. The third-order valence-corrected chi connectivity index (χ3v) is 3.69. The molecular weight excluding hydrogens is 312 g/mol. The highest BCUT2D eigenvalue weighted by Gasteiger charge is 2.23. The van der Waals surface area contributed by atoms with E-state index in [0.717, 1.165) is 10.6 Å². The Hall–Kier alpha value is -2.45. The van der Waals surface area contributed by atoms with E-state index in [1.807, 2.05) is 12.1 Å². The summed E-state index contributed by atoms with van der Waals surface area (Å²) in [6.45, 7) is 3.09. The van der Waals surface area contributed by atoms with Gasteiger partial charge in [-0.15, -0.1) is 0 Å². The number of para-hydroxylation sites is 2. The van der Waals surface area contributed by atoms with Crippen LogP contribution in [0, 0.1) is 0 Å². The molecule has 130 valence electrons. The van der Waals surface area contributed by atoms with E-state index < -0.39 is 11.8 Å². The van der Waals surface area contributed by atoms with Crippen molar-refractivity contribution in [2.24, 2.45) is 5.73 Å². The Labute approximate surface area is 140 Å². The molecule has 3 amide bonds. The Morgan fingerprint density at radius 1 is 1.29 bits per heavy atom. The summed E-state index contributed by atoms with van der Waals surface area (Å²) in [5, 5.41) is 2.60. The minimum Gasteiger partial charge on any atom is -0.378 e. The number of nitrogens with one attached hydrogen (secondary N) is 1. The molecule has 8 heteroatoms. The monoisotopic (exact) mass is 334 g/mol. The average Bonchev–Trinajstić information content (AvgIpc) is 2.63. The molecule has 1 saturated heterocycles. The van der Waals surface area contributed by atoms with Crippen molar-refractivity contribution in [3.63, 3.8) is 0 Å². The molecule has 1 aliphatic rings. The van der Waals surface area contributed by atoms with Gasteiger partial charge >= 0.3 is 11.8 Å². The van der Waals surface area contributed by atoms with E-state index in [0.29, 0.717) is 51.4 Å². The molecule has 1 fully saturated rings. The number of anilines is 2. The van der Waals surface area contributed by atoms with Gasteiger partial charge in [0.25, 0.3) is 0 Å². The molecule has 1 heterocycles. The van der Waals surface area contributed by atoms with Crippen LogP contribution < -0.4 is 16.0 Å². The van der Waals surface area contributed by atoms with E-state index in [1.165, 1.54) is 0 Å². The van der Waals surface area contributed by atoms with Crippen LogP contribution in [0.25, 0.3) is 0 Å². The number of rotatable bonds is 6. The minimum absolute atomic E-state index is 0.122. The first kappa shape index (κ1) is 17.9. The van der Waals surface area contributed by atoms with Crippen molar-refractivity contribution in [2.45, 2.75) is 6.42 Å². The maximum Gasteiger partial charge on any atom is 0.318 e. The number of carbonyl (C=O) groups excluding carboxylic acids is 3. The van der Waals surface area contributed by atoms with Crippen LogP contribution in [-0.2, 0) is 19.1 Å². The molecule has 24 heavy (non-hydrogen) atoms. The predicted molar refractivity (Wildman–Crippen MR) is 89.6 cm³/mol. The summed E-state index contributed by atoms with van der Waals surface area (Å²) >= 11 is 0. The topological polar surface area (TPSA) is 105 Å². The van der Waals surface area contributed by atoms with E-state index in [-0.39, 0.29) is 6.54 Å². The molecule has 0 spiro atoms. The zero-order valence-electron chi connectivity index (χ0n) is 13.4. The molecule has 1 aromatic rings. The molecule has 0 radical (unpaired) electrons. The number of nitrogens with two attached hydrogens (primary N) is 1. The summed E-state index contributed by atoms with van der Waals surface area (Å²) < 4.78 is 5.33. The number of imide groups is 1. The third kappa shape index (κ3) is 4.53. The van der Waals surface area contributed by atoms with Crippen molar-refractivity contribution < 1.29 is 19.1 Å². The fourth-order valence-corrected chi connectivity index (χ4v) is 2.43. The summed E-state index contributed by atoms with van der Waals surface area (Å²) in [6.07, 6.45) is 0.799. The minimum atomic E-state index is -0.893. The molecule has 1 aromatic carbocycles. The molecule has 0 unspecified atom stereocenters. The number of nitrogens with zero attached hydrogens (tertiary/aromatic N) is 2. The van der Waals surface area contributed by atoms with Crippen LogP contribution in [0.2, 0.25) is 0 Å². The molecular formula is C16H22N4O4. The standard InChI is InChI=1S/C16H22N4O4/c17-6-3-7-20(12-21)16(23)15(22)18-13-4-1-2-5-14(13)19-8-10-24-11-9-19/h1-2,4-5,12H,3,6-11,17H2,(H,18,22). The maximum absolute atomic E-state index is 12.2. The number of carbonyl (C=O) groups is 3. The smallest absolute Gasteiger partial charge is 0.318 e. The van der Waals surface area contributed by atoms with Crippen molar-refractivity contribution in [2.75, 3.05) is 49.6 Å². The summed E-state index contributed by atoms with van der Waals surface area (Å²) in [4.78, 5) is 38.2. The number of hydrogen-bond acceptors (Lipinski definition) is 6. The van der Waals surface area contributed by atoms with Gasteiger partial charge in [-0.3, -0.25) is 19.3 Å². The Kier molecular flexibility index (Phi) is 6.71. The lowest BCUT2D eigenvalue weighted by atomic mass is 10.2. The largest absolute Gasteiger partial charge is 0.378 e. The van der Waals surface area contributed by atoms with Gasteiger partial charge < -0.3 is 20.7 Å². The first-order chi connectivity index (χ1) is 11.7. The molecule has 3 N–H and O–H groups in total. The molecule has 0 atom stereocenters. The van der Waals surface area contributed by atoms with Gasteiger partial charge in [-0.25, -0.2) is 0 Å². The number of benzene rings is 1. The second-order valence-electron chi connectivity index (χ2n) is 5.32. The van der Waals surface area contributed by atoms with Crippen LogP contribution >= 0.6 is 0 Å². The number of morpholine rings is 1. The Morgan fingerprint density at radius 3 is 2.67 bits per heavy atom. The SMILES string of the molecule is NCCCN(C=O)C(=O)C(=O)Nc1ccccc1N1CCOCC1. The zero-order valence-corrected chi connectivity index (χ0v) is 13.4. The quantitative estimate of drug-likeness (QED) is 0.551. The lowest BCUT2D eigenvalue weighted by Gasteiger charge is -2.30. The molecule has 1 aliphatic heterocycles. The van der Waals surface area contributed by atoms with Gasteiger partial charge in [0.05, 0.1) is 24.6 Å². The third-order valence-electron chi connectivity index (χ3n) is 3.69. The second-order valence-corrected chi connectivity index (χ2v) is 5.32. The molecule has 0 bridgehead atoms. The van der Waals surface area contributed by atoms with Gasteiger partial charge in [0.2, 0.25) is 6.41 Å². The number of amides is 3. The second kappa shape index (κ2) is 8.99. The van der Waals surface area contributed by atoms with Crippen molar-refractivity contribution in [3.05, 3.63) is 24.3 Å². The van der Waals surface area contributed by atoms with E-state index >= 15 is 0 Å². The first-order valence-electron chi connectivity index (χ1n) is 7.86. The summed E-state index contributed by atoms with van der Waals surface area (Å²) in [7, 11) is 0. The summed E-state index contributed by atoms with van der Waals surface area (Å²) in [5.41, 5.74) is 6.71. The van der Waals surface area contributed by atoms with Crippen molar-refractivity contribution in [1.29, 1.82) is 0 Å². The molecule has 2 rings (SSSR count). The van der Waals surface area contributed by atoms with Crippen LogP contribution in [-0.4, -0.2) is 62.5 Å². The van der Waals surface area contributed by atoms with Gasteiger partial charge in [-0.05, 0) is 25.1 Å². The Balaban J connectivity index is 2.08. The predicted octanol–water partition coefficient (Wildman–Crippen LogP) is -0.204. The first-order valence-corrected chi connectivity index (χ1v) is 7.86. The summed E-state index contributed by atoms with van der Waals surface area (Å²) in [5.74, 6) is -1.74. The van der Waals surface area contributed by atoms with Gasteiger partial charge in [0.1, 0.15) is 0 Å². The fourth-order valence-electron chi connectivity index (χ4n) is 2.43. The lowest BCUT2D eigenvalue weighted by molar-refractivity contribution is -0.146. The van der Waals surface area contributed by atoms with Crippen LogP contribution in [0.15, 0.2) is 24.3 Å². The molecule has 8 nitrogen and oxygen atoms in total. The molecule has 0 saturated carbocycles. The van der Waals surface area contributed by atoms with Gasteiger partial charge in [-0.2, -0.15) is 0 Å². The average molecular weight is 334 g/mol. The van der Waals surface area contributed by atoms with Crippen LogP contribution in [0.5, 0.6) is 0 Å². The van der Waals surface area contributed by atoms with Gasteiger partial charge in [0.15, 0.2) is 0 Å². The molecule has 0 aromatic heterocycles. The van der Waals surface area contributed by atoms with Crippen LogP contribution in [0.1, 0.15) is 6.42 Å². The van der Waals surface area contributed by atoms with Crippen molar-refractivity contribution >= 4 is 29.6 Å². The van der Waals surface area contributed by atoms with E-state index in [9.17, 15) is 14.4 Å². The Bertz CT molecular complexity index is 587. The van der Waals surface area contributed by atoms with Gasteiger partial charge in [0, 0.05) is 19.6 Å². The highest BCUT2D eigenvalue weighted by Crippen LogP contribution is 2.26. The van der Waals surface area contributed by atoms with Gasteiger partial charge in [-0.1, -0.05) is 12.1 Å². The normalized spacial score (nSPS) is 14.1. The maximum atomic E-state index is 12.2. The highest BCUT2D eigenvalue weighted by atomic mass is 16.5. The van der Waals surface area contributed by atoms with Crippen molar-refractivity contribution in [3.8, 4) is 0 Å². The van der Waals surface area contributed by atoms with Crippen LogP contribution in [0.4, 0.5) is 11.4 Å². The summed E-state index contributed by atoms with van der Waals surface area (Å²) in [6, 6.07) is 7.23. The number of ether oxygens (including phenoxy) is 1. The zero-order chi connectivity index (χ0) is 17.4. The highest BCUT2D eigenvalue weighted by molar-refractivity contribution is 6.41. The molecule has 0 aliphatic carbocycles. The van der Waals surface area contributed by atoms with Crippen LogP contribution in [0.3, 0.4) is 0 Å².